The molecule has 174 valence electrons. The van der Waals surface area contributed by atoms with Crippen molar-refractivity contribution in [2.45, 2.75) is 72.3 Å². The van der Waals surface area contributed by atoms with Crippen molar-refractivity contribution in [1.82, 2.24) is 5.43 Å². The Morgan fingerprint density at radius 2 is 1.55 bits per heavy atom. The molecule has 4 heteroatoms. The van der Waals surface area contributed by atoms with Gasteiger partial charge in [-0.2, -0.15) is 5.10 Å². The minimum absolute atomic E-state index is 0.151. The molecule has 2 aromatic rings. The van der Waals surface area contributed by atoms with Crippen LogP contribution in [-0.2, 0) is 6.61 Å². The highest BCUT2D eigenvalue weighted by Crippen LogP contribution is 2.61. The number of aryl methyl sites for hydroxylation is 2. The maximum absolute atomic E-state index is 12.6. The first-order chi connectivity index (χ1) is 15.9. The number of carbonyl (C=O) groups is 1. The third kappa shape index (κ3) is 4.85. The maximum Gasteiger partial charge on any atom is 0.271 e. The van der Waals surface area contributed by atoms with Gasteiger partial charge in [0.25, 0.3) is 5.91 Å². The normalized spacial score (nSPS) is 28.1. The van der Waals surface area contributed by atoms with Gasteiger partial charge in [-0.3, -0.25) is 4.79 Å². The first-order valence-corrected chi connectivity index (χ1v) is 12.5. The van der Waals surface area contributed by atoms with Crippen molar-refractivity contribution < 1.29 is 9.53 Å². The van der Waals surface area contributed by atoms with E-state index in [1.165, 1.54) is 38.5 Å². The number of para-hydroxylation sites is 1. The van der Waals surface area contributed by atoms with E-state index < -0.39 is 0 Å². The molecule has 0 radical (unpaired) electrons. The van der Waals surface area contributed by atoms with E-state index in [9.17, 15) is 4.79 Å². The van der Waals surface area contributed by atoms with Crippen molar-refractivity contribution in [2.75, 3.05) is 0 Å². The van der Waals surface area contributed by atoms with Gasteiger partial charge in [0.1, 0.15) is 12.4 Å². The summed E-state index contributed by atoms with van der Waals surface area (Å²) in [6.07, 6.45) is 9.50. The van der Waals surface area contributed by atoms with Gasteiger partial charge < -0.3 is 4.74 Å². The minimum Gasteiger partial charge on any atom is -0.488 e. The summed E-state index contributed by atoms with van der Waals surface area (Å²) in [5.74, 6) is 3.60. The first kappa shape index (κ1) is 22.2. The predicted octanol–water partition coefficient (Wildman–Crippen LogP) is 6.59. The third-order valence-corrected chi connectivity index (χ3v) is 8.15. The number of hydrogen-bond acceptors (Lipinski definition) is 3. The molecule has 1 amide bonds. The first-order valence-electron chi connectivity index (χ1n) is 12.5. The summed E-state index contributed by atoms with van der Waals surface area (Å²) in [6, 6.07) is 13.8. The van der Waals surface area contributed by atoms with Crippen LogP contribution in [-0.4, -0.2) is 11.6 Å². The van der Waals surface area contributed by atoms with E-state index in [2.05, 4.69) is 43.4 Å². The second-order valence-corrected chi connectivity index (χ2v) is 11.1. The van der Waals surface area contributed by atoms with E-state index in [0.717, 1.165) is 52.3 Å². The van der Waals surface area contributed by atoms with Crippen LogP contribution in [0.4, 0.5) is 0 Å². The highest BCUT2D eigenvalue weighted by molar-refractivity contribution is 5.95. The van der Waals surface area contributed by atoms with E-state index in [1.807, 2.05) is 30.3 Å². The average molecular weight is 445 g/mol. The largest absolute Gasteiger partial charge is 0.488 e. The summed E-state index contributed by atoms with van der Waals surface area (Å²) >= 11 is 0. The number of carbonyl (C=O) groups excluding carboxylic acids is 1. The molecule has 4 bridgehead atoms. The second kappa shape index (κ2) is 8.96. The van der Waals surface area contributed by atoms with Crippen LogP contribution in [0, 0.1) is 37.0 Å². The van der Waals surface area contributed by atoms with Gasteiger partial charge in [0, 0.05) is 11.3 Å². The Balaban J connectivity index is 1.15. The third-order valence-electron chi connectivity index (χ3n) is 8.15. The van der Waals surface area contributed by atoms with Gasteiger partial charge in [0.2, 0.25) is 0 Å². The van der Waals surface area contributed by atoms with E-state index in [0.29, 0.717) is 17.6 Å². The summed E-state index contributed by atoms with van der Waals surface area (Å²) in [5.41, 5.74) is 8.22. The van der Waals surface area contributed by atoms with Crippen molar-refractivity contribution >= 4 is 11.6 Å². The van der Waals surface area contributed by atoms with Crippen LogP contribution in [0.3, 0.4) is 0 Å². The van der Waals surface area contributed by atoms with Gasteiger partial charge in [0.15, 0.2) is 0 Å². The predicted molar refractivity (Wildman–Crippen MR) is 132 cm³/mol. The molecule has 0 aromatic heterocycles. The van der Waals surface area contributed by atoms with Crippen LogP contribution in [0.5, 0.6) is 5.75 Å². The lowest BCUT2D eigenvalue weighted by atomic mass is 9.48. The summed E-state index contributed by atoms with van der Waals surface area (Å²) < 4.78 is 6.03. The Kier molecular flexibility index (Phi) is 6.03. The lowest BCUT2D eigenvalue weighted by molar-refractivity contribution is -0.0482. The lowest BCUT2D eigenvalue weighted by Crippen LogP contribution is -2.46. The highest BCUT2D eigenvalue weighted by atomic mass is 16.5. The number of benzene rings is 2. The zero-order valence-electron chi connectivity index (χ0n) is 20.2. The molecule has 4 saturated carbocycles. The van der Waals surface area contributed by atoms with Crippen LogP contribution in [0.2, 0.25) is 0 Å². The zero-order chi connectivity index (χ0) is 23.0. The summed E-state index contributed by atoms with van der Waals surface area (Å²) in [5, 5.41) is 4.49. The van der Waals surface area contributed by atoms with Gasteiger partial charge in [-0.05, 0) is 118 Å². The van der Waals surface area contributed by atoms with Crippen molar-refractivity contribution in [3.63, 3.8) is 0 Å². The Hall–Kier alpha value is -2.62. The summed E-state index contributed by atoms with van der Waals surface area (Å²) in [6.45, 7) is 6.67. The number of hydrogen-bond donors (Lipinski definition) is 1. The van der Waals surface area contributed by atoms with Gasteiger partial charge in [-0.15, -0.1) is 0 Å². The van der Waals surface area contributed by atoms with Crippen molar-refractivity contribution in [3.8, 4) is 5.75 Å². The van der Waals surface area contributed by atoms with Crippen molar-refractivity contribution in [2.24, 2.45) is 28.3 Å². The molecule has 4 nitrogen and oxygen atoms in total. The number of nitrogens with zero attached hydrogens (tertiary/aromatic N) is 1. The van der Waals surface area contributed by atoms with E-state index >= 15 is 0 Å². The number of nitrogens with one attached hydrogen (secondary N) is 1. The molecule has 4 fully saturated rings. The Bertz CT molecular complexity index is 998. The molecular formula is C29H36N2O2. The molecule has 2 aromatic carbocycles. The van der Waals surface area contributed by atoms with E-state index in [4.69, 9.17) is 4.74 Å². The van der Waals surface area contributed by atoms with Crippen LogP contribution in [0.1, 0.15) is 78.9 Å². The van der Waals surface area contributed by atoms with E-state index in [1.54, 1.807) is 0 Å². The van der Waals surface area contributed by atoms with Gasteiger partial charge >= 0.3 is 0 Å². The monoisotopic (exact) mass is 444 g/mol. The molecule has 0 spiro atoms. The fourth-order valence-corrected chi connectivity index (χ4v) is 7.23. The van der Waals surface area contributed by atoms with E-state index in [-0.39, 0.29) is 5.91 Å². The topological polar surface area (TPSA) is 50.7 Å². The average Bonchev–Trinajstić information content (AvgIpc) is 2.76. The molecule has 0 saturated heterocycles. The van der Waals surface area contributed by atoms with Crippen LogP contribution in [0.25, 0.3) is 0 Å². The minimum atomic E-state index is -0.151. The Morgan fingerprint density at radius 1 is 0.970 bits per heavy atom. The molecule has 0 heterocycles. The van der Waals surface area contributed by atoms with Gasteiger partial charge in [-0.1, -0.05) is 30.3 Å². The molecule has 0 aliphatic heterocycles. The fourth-order valence-electron chi connectivity index (χ4n) is 7.23. The standard InChI is InChI=1S/C29H36N2O2/c1-19-5-4-6-20(2)27(19)33-18-22-7-9-26(10-8-22)28(32)31-30-21(3)14-29-15-23-11-24(16-29)13-25(12-23)17-29/h4-10,23-25H,11-18H2,1-3H3,(H,31,32)/b30-21+. The number of amides is 1. The highest BCUT2D eigenvalue weighted by Gasteiger charge is 2.50. The molecule has 0 unspecified atom stereocenters. The van der Waals surface area contributed by atoms with Crippen LogP contribution >= 0.6 is 0 Å². The summed E-state index contributed by atoms with van der Waals surface area (Å²) in [4.78, 5) is 12.6. The number of rotatable bonds is 7. The molecule has 6 rings (SSSR count). The van der Waals surface area contributed by atoms with Crippen molar-refractivity contribution in [3.05, 3.63) is 64.7 Å². The SMILES string of the molecule is C/C(CC12CC3CC(CC(C3)C1)C2)=N\NC(=O)c1ccc(COc2c(C)cccc2C)cc1. The van der Waals surface area contributed by atoms with Crippen LogP contribution < -0.4 is 10.2 Å². The fraction of sp³-hybridized carbons (Fsp3) is 0.517. The van der Waals surface area contributed by atoms with Crippen molar-refractivity contribution in [1.29, 1.82) is 0 Å². The number of hydrazone groups is 1. The van der Waals surface area contributed by atoms with Gasteiger partial charge in [0.05, 0.1) is 0 Å². The lowest BCUT2D eigenvalue weighted by Gasteiger charge is -2.57. The maximum atomic E-state index is 12.6. The Morgan fingerprint density at radius 3 is 2.12 bits per heavy atom. The second-order valence-electron chi connectivity index (χ2n) is 11.1. The number of ether oxygens (including phenoxy) is 1. The summed E-state index contributed by atoms with van der Waals surface area (Å²) in [7, 11) is 0. The molecule has 0 atom stereocenters. The smallest absolute Gasteiger partial charge is 0.271 e. The van der Waals surface area contributed by atoms with Crippen LogP contribution in [0.15, 0.2) is 47.6 Å². The molecule has 33 heavy (non-hydrogen) atoms. The molecule has 1 N–H and O–H groups in total. The van der Waals surface area contributed by atoms with Gasteiger partial charge in [-0.25, -0.2) is 5.43 Å². The molecular weight excluding hydrogens is 408 g/mol. The molecule has 4 aliphatic carbocycles. The molecule has 4 aliphatic rings. The quantitative estimate of drug-likeness (QED) is 0.387. The Labute approximate surface area is 197 Å². The zero-order valence-corrected chi connectivity index (χ0v) is 20.2.